The van der Waals surface area contributed by atoms with Crippen LogP contribution in [0, 0.1) is 6.92 Å². The van der Waals surface area contributed by atoms with Crippen molar-refractivity contribution in [1.29, 1.82) is 0 Å². The number of rotatable bonds is 5. The van der Waals surface area contributed by atoms with Gasteiger partial charge in [0.05, 0.1) is 38.5 Å². The van der Waals surface area contributed by atoms with Crippen molar-refractivity contribution in [1.82, 2.24) is 14.6 Å². The molecule has 3 heterocycles. The van der Waals surface area contributed by atoms with Crippen molar-refractivity contribution in [3.8, 4) is 11.1 Å². The molecular formula is C21H28N5O+. The lowest BCUT2D eigenvalue weighted by Crippen LogP contribution is -3.15. The Hall–Kier alpha value is -2.44. The number of nitrogens with zero attached hydrogens (tertiary/aromatic N) is 4. The maximum Gasteiger partial charge on any atom is 0.165 e. The Morgan fingerprint density at radius 1 is 1.15 bits per heavy atom. The molecule has 1 aliphatic heterocycles. The lowest BCUT2D eigenvalue weighted by Gasteiger charge is -2.33. The molecule has 0 amide bonds. The number of nitrogens with one attached hydrogen (secondary N) is 1. The number of anilines is 1. The Morgan fingerprint density at radius 3 is 2.56 bits per heavy atom. The van der Waals surface area contributed by atoms with E-state index >= 15 is 0 Å². The Labute approximate surface area is 160 Å². The quantitative estimate of drug-likeness (QED) is 0.706. The smallest absolute Gasteiger partial charge is 0.165 e. The number of aromatic nitrogens is 3. The minimum Gasteiger partial charge on any atom is -0.391 e. The van der Waals surface area contributed by atoms with E-state index in [9.17, 15) is 5.11 Å². The number of hydrogen-bond acceptors (Lipinski definition) is 4. The van der Waals surface area contributed by atoms with Gasteiger partial charge in [0.1, 0.15) is 12.4 Å². The first-order chi connectivity index (χ1) is 13.2. The normalized spacial score (nSPS) is 15.6. The molecule has 0 saturated carbocycles. The number of aliphatic hydroxyl groups excluding tert-OH is 1. The van der Waals surface area contributed by atoms with Crippen molar-refractivity contribution < 1.29 is 10.0 Å². The van der Waals surface area contributed by atoms with E-state index in [0.29, 0.717) is 0 Å². The third-order valence-electron chi connectivity index (χ3n) is 5.43. The van der Waals surface area contributed by atoms with E-state index in [1.54, 1.807) is 0 Å². The predicted molar refractivity (Wildman–Crippen MR) is 107 cm³/mol. The highest BCUT2D eigenvalue weighted by Gasteiger charge is 2.24. The molecule has 2 aromatic heterocycles. The van der Waals surface area contributed by atoms with Crippen LogP contribution in [0.2, 0.25) is 0 Å². The zero-order chi connectivity index (χ0) is 18.8. The summed E-state index contributed by atoms with van der Waals surface area (Å²) >= 11 is 0. The summed E-state index contributed by atoms with van der Waals surface area (Å²) < 4.78 is 2.03. The highest BCUT2D eigenvalue weighted by molar-refractivity contribution is 5.81. The van der Waals surface area contributed by atoms with Crippen molar-refractivity contribution in [2.75, 3.05) is 44.2 Å². The lowest BCUT2D eigenvalue weighted by atomic mass is 10.0. The largest absolute Gasteiger partial charge is 0.391 e. The zero-order valence-electron chi connectivity index (χ0n) is 16.1. The Kier molecular flexibility index (Phi) is 5.09. The SMILES string of the molecule is CCc1nn2c(N3CC[NH+](CCO)CC3)cc(C)nc2c1-c1ccccc1. The summed E-state index contributed by atoms with van der Waals surface area (Å²) in [5.41, 5.74) is 5.36. The van der Waals surface area contributed by atoms with Gasteiger partial charge in [0.15, 0.2) is 5.65 Å². The van der Waals surface area contributed by atoms with Crippen molar-refractivity contribution in [3.05, 3.63) is 47.8 Å². The summed E-state index contributed by atoms with van der Waals surface area (Å²) in [5, 5.41) is 14.1. The highest BCUT2D eigenvalue weighted by Crippen LogP contribution is 2.30. The molecule has 6 heteroatoms. The molecule has 1 aliphatic rings. The molecule has 0 aliphatic carbocycles. The van der Waals surface area contributed by atoms with Crippen LogP contribution < -0.4 is 9.80 Å². The van der Waals surface area contributed by atoms with E-state index in [0.717, 1.165) is 67.6 Å². The van der Waals surface area contributed by atoms with Crippen LogP contribution in [0.4, 0.5) is 5.82 Å². The van der Waals surface area contributed by atoms with Crippen molar-refractivity contribution in [2.24, 2.45) is 0 Å². The van der Waals surface area contributed by atoms with Crippen LogP contribution in [0.15, 0.2) is 36.4 Å². The third-order valence-corrected chi connectivity index (χ3v) is 5.43. The first kappa shape index (κ1) is 17.9. The number of benzene rings is 1. The Balaban J connectivity index is 1.78. The molecule has 1 aromatic carbocycles. The number of piperazine rings is 1. The molecule has 4 rings (SSSR count). The molecule has 0 bridgehead atoms. The predicted octanol–water partition coefficient (Wildman–Crippen LogP) is 0.964. The fraction of sp³-hybridized carbons (Fsp3) is 0.429. The molecule has 0 spiro atoms. The summed E-state index contributed by atoms with van der Waals surface area (Å²) in [4.78, 5) is 8.73. The van der Waals surface area contributed by atoms with Gasteiger partial charge < -0.3 is 14.9 Å². The van der Waals surface area contributed by atoms with E-state index in [4.69, 9.17) is 10.1 Å². The van der Waals surface area contributed by atoms with Crippen LogP contribution in [0.1, 0.15) is 18.3 Å². The maximum absolute atomic E-state index is 9.19. The molecular weight excluding hydrogens is 338 g/mol. The van der Waals surface area contributed by atoms with Gasteiger partial charge in [-0.25, -0.2) is 4.98 Å². The van der Waals surface area contributed by atoms with E-state index in [1.165, 1.54) is 10.5 Å². The summed E-state index contributed by atoms with van der Waals surface area (Å²) in [6.45, 7) is 9.31. The molecule has 1 fully saturated rings. The van der Waals surface area contributed by atoms with Gasteiger partial charge in [-0.1, -0.05) is 37.3 Å². The zero-order valence-corrected chi connectivity index (χ0v) is 16.1. The van der Waals surface area contributed by atoms with E-state index < -0.39 is 0 Å². The van der Waals surface area contributed by atoms with Gasteiger partial charge in [-0.3, -0.25) is 0 Å². The number of aliphatic hydroxyl groups is 1. The molecule has 2 N–H and O–H groups in total. The van der Waals surface area contributed by atoms with Crippen LogP contribution in [0.25, 0.3) is 16.8 Å². The van der Waals surface area contributed by atoms with Gasteiger partial charge in [0.2, 0.25) is 0 Å². The topological polar surface area (TPSA) is 58.1 Å². The second-order valence-corrected chi connectivity index (χ2v) is 7.24. The van der Waals surface area contributed by atoms with Crippen LogP contribution in [-0.2, 0) is 6.42 Å². The molecule has 3 aromatic rings. The fourth-order valence-electron chi connectivity index (χ4n) is 4.00. The van der Waals surface area contributed by atoms with Crippen molar-refractivity contribution >= 4 is 11.5 Å². The van der Waals surface area contributed by atoms with Crippen molar-refractivity contribution in [2.45, 2.75) is 20.3 Å². The number of hydrogen-bond donors (Lipinski definition) is 2. The second-order valence-electron chi connectivity index (χ2n) is 7.24. The molecule has 0 atom stereocenters. The number of aryl methyl sites for hydroxylation is 2. The van der Waals surface area contributed by atoms with Gasteiger partial charge in [-0.05, 0) is 18.9 Å². The first-order valence-electron chi connectivity index (χ1n) is 9.85. The number of fused-ring (bicyclic) bond motifs is 1. The van der Waals surface area contributed by atoms with Crippen LogP contribution >= 0.6 is 0 Å². The van der Waals surface area contributed by atoms with Gasteiger partial charge in [-0.2, -0.15) is 9.61 Å². The van der Waals surface area contributed by atoms with Crippen LogP contribution in [0.5, 0.6) is 0 Å². The van der Waals surface area contributed by atoms with Gasteiger partial charge in [-0.15, -0.1) is 0 Å². The summed E-state index contributed by atoms with van der Waals surface area (Å²) in [7, 11) is 0. The average molecular weight is 366 g/mol. The fourth-order valence-corrected chi connectivity index (χ4v) is 4.00. The molecule has 1 saturated heterocycles. The molecule has 142 valence electrons. The van der Waals surface area contributed by atoms with E-state index in [2.05, 4.69) is 49.1 Å². The summed E-state index contributed by atoms with van der Waals surface area (Å²) in [5.74, 6) is 1.12. The standard InChI is InChI=1S/C21H27N5O/c1-3-18-20(17-7-5-4-6-8-17)21-22-16(2)15-19(26(21)23-18)25-11-9-24(10-12-25)13-14-27/h4-8,15,27H,3,9-14H2,1-2H3/p+1. The first-order valence-corrected chi connectivity index (χ1v) is 9.85. The maximum atomic E-state index is 9.19. The Morgan fingerprint density at radius 2 is 1.89 bits per heavy atom. The monoisotopic (exact) mass is 366 g/mol. The Bertz CT molecular complexity index is 913. The molecule has 6 nitrogen and oxygen atoms in total. The molecule has 0 radical (unpaired) electrons. The molecule has 27 heavy (non-hydrogen) atoms. The van der Waals surface area contributed by atoms with Crippen molar-refractivity contribution in [3.63, 3.8) is 0 Å². The summed E-state index contributed by atoms with van der Waals surface area (Å²) in [6, 6.07) is 12.6. The minimum atomic E-state index is 0.257. The highest BCUT2D eigenvalue weighted by atomic mass is 16.3. The minimum absolute atomic E-state index is 0.257. The van der Waals surface area contributed by atoms with Crippen LogP contribution in [-0.4, -0.2) is 59.0 Å². The second kappa shape index (κ2) is 7.66. The number of quaternary nitrogens is 1. The van der Waals surface area contributed by atoms with E-state index in [1.807, 2.05) is 10.6 Å². The van der Waals surface area contributed by atoms with E-state index in [-0.39, 0.29) is 6.61 Å². The molecule has 0 unspecified atom stereocenters. The average Bonchev–Trinajstić information content (AvgIpc) is 3.07. The van der Waals surface area contributed by atoms with Crippen LogP contribution in [0.3, 0.4) is 0 Å². The van der Waals surface area contributed by atoms with Gasteiger partial charge in [0, 0.05) is 17.3 Å². The third kappa shape index (κ3) is 3.42. The lowest BCUT2D eigenvalue weighted by molar-refractivity contribution is -0.900. The van der Waals surface area contributed by atoms with Gasteiger partial charge >= 0.3 is 0 Å². The van der Waals surface area contributed by atoms with Gasteiger partial charge in [0.25, 0.3) is 0 Å². The summed E-state index contributed by atoms with van der Waals surface area (Å²) in [6.07, 6.45) is 0.875.